The molecule has 0 amide bonds. The quantitative estimate of drug-likeness (QED) is 0.624. The first-order chi connectivity index (χ1) is 5.16. The highest BCUT2D eigenvalue weighted by Gasteiger charge is 2.08. The topological polar surface area (TPSA) is 37.3 Å². The lowest BCUT2D eigenvalue weighted by Gasteiger charge is -2.00. The highest BCUT2D eigenvalue weighted by molar-refractivity contribution is 5.79. The Morgan fingerprint density at radius 2 is 2.18 bits per heavy atom. The van der Waals surface area contributed by atoms with E-state index in [1.165, 1.54) is 19.1 Å². The van der Waals surface area contributed by atoms with Gasteiger partial charge in [-0.05, 0) is 18.6 Å². The summed E-state index contributed by atoms with van der Waals surface area (Å²) in [6.45, 7) is 1.53. The first-order valence-electron chi connectivity index (χ1n) is 3.10. The molecule has 1 aromatic carbocycles. The van der Waals surface area contributed by atoms with Crippen LogP contribution in [0.2, 0.25) is 0 Å². The second kappa shape index (κ2) is 2.70. The van der Waals surface area contributed by atoms with Crippen molar-refractivity contribution in [3.8, 4) is 5.75 Å². The number of phenolic OH excluding ortho intramolecular Hbond substituents is 1. The summed E-state index contributed by atoms with van der Waals surface area (Å²) in [7, 11) is 0. The Hall–Kier alpha value is -1.38. The summed E-state index contributed by atoms with van der Waals surface area (Å²) in [4.78, 5) is 10.2. The van der Waals surface area contributed by atoms with Crippen LogP contribution in [-0.2, 0) is 0 Å². The van der Waals surface area contributed by atoms with Crippen molar-refractivity contribution < 1.29 is 14.3 Å². The minimum Gasteiger partial charge on any atom is -0.507 e. The van der Waals surface area contributed by atoms with E-state index < -0.39 is 5.82 Å². The smallest absolute Gasteiger partial charge is 0.156 e. The Labute approximate surface area is 63.3 Å². The van der Waals surface area contributed by atoms with Crippen molar-refractivity contribution >= 4 is 6.29 Å². The summed E-state index contributed by atoms with van der Waals surface area (Å²) >= 11 is 0. The van der Waals surface area contributed by atoms with E-state index in [2.05, 4.69) is 0 Å². The van der Waals surface area contributed by atoms with E-state index in [0.717, 1.165) is 0 Å². The molecule has 0 atom stereocenters. The number of benzene rings is 1. The zero-order valence-corrected chi connectivity index (χ0v) is 5.97. The van der Waals surface area contributed by atoms with Gasteiger partial charge in [0.05, 0.1) is 5.56 Å². The second-order valence-electron chi connectivity index (χ2n) is 2.25. The molecule has 3 heteroatoms. The minimum absolute atomic E-state index is 0.273. The molecular weight excluding hydrogens is 147 g/mol. The van der Waals surface area contributed by atoms with Gasteiger partial charge in [0.25, 0.3) is 0 Å². The van der Waals surface area contributed by atoms with Crippen molar-refractivity contribution in [2.75, 3.05) is 0 Å². The van der Waals surface area contributed by atoms with Crippen LogP contribution in [-0.4, -0.2) is 11.4 Å². The molecule has 0 aliphatic carbocycles. The Kier molecular flexibility index (Phi) is 1.89. The third-order valence-electron chi connectivity index (χ3n) is 1.47. The molecule has 2 nitrogen and oxygen atoms in total. The highest BCUT2D eigenvalue weighted by atomic mass is 19.1. The molecule has 0 aliphatic rings. The Morgan fingerprint density at radius 1 is 1.55 bits per heavy atom. The predicted molar refractivity (Wildman–Crippen MR) is 38.2 cm³/mol. The first kappa shape index (κ1) is 7.72. The molecule has 0 heterocycles. The molecule has 0 unspecified atom stereocenters. The number of aromatic hydroxyl groups is 1. The predicted octanol–water partition coefficient (Wildman–Crippen LogP) is 1.65. The molecular formula is C8H7FO2. The van der Waals surface area contributed by atoms with Crippen LogP contribution in [0.15, 0.2) is 12.1 Å². The number of hydrogen-bond donors (Lipinski definition) is 1. The van der Waals surface area contributed by atoms with E-state index in [1.54, 1.807) is 0 Å². The maximum atomic E-state index is 12.9. The van der Waals surface area contributed by atoms with Gasteiger partial charge in [-0.15, -0.1) is 0 Å². The van der Waals surface area contributed by atoms with Crippen LogP contribution in [0, 0.1) is 12.7 Å². The number of rotatable bonds is 1. The van der Waals surface area contributed by atoms with Gasteiger partial charge in [-0.25, -0.2) is 4.39 Å². The van der Waals surface area contributed by atoms with E-state index in [4.69, 9.17) is 5.11 Å². The Bertz CT molecular complexity index is 294. The van der Waals surface area contributed by atoms with E-state index >= 15 is 0 Å². The monoisotopic (exact) mass is 154 g/mol. The van der Waals surface area contributed by atoms with Crippen molar-refractivity contribution in [2.45, 2.75) is 6.92 Å². The number of carbonyl (C=O) groups excluding carboxylic acids is 1. The largest absolute Gasteiger partial charge is 0.507 e. The third kappa shape index (κ3) is 1.22. The van der Waals surface area contributed by atoms with Crippen LogP contribution in [0.5, 0.6) is 5.75 Å². The van der Waals surface area contributed by atoms with Crippen LogP contribution in [0.25, 0.3) is 0 Å². The average Bonchev–Trinajstić information content (AvgIpc) is 1.99. The molecule has 0 spiro atoms. The molecule has 1 N–H and O–H groups in total. The molecule has 1 rings (SSSR count). The summed E-state index contributed by atoms with van der Waals surface area (Å²) in [6.07, 6.45) is 0.303. The van der Waals surface area contributed by atoms with Crippen molar-refractivity contribution in [1.82, 2.24) is 0 Å². The lowest BCUT2D eigenvalue weighted by Crippen LogP contribution is -1.91. The molecule has 58 valence electrons. The summed E-state index contributed by atoms with van der Waals surface area (Å²) < 4.78 is 12.9. The van der Waals surface area contributed by atoms with Gasteiger partial charge < -0.3 is 5.11 Å². The zero-order chi connectivity index (χ0) is 8.43. The van der Waals surface area contributed by atoms with Crippen LogP contribution in [0.1, 0.15) is 15.9 Å². The summed E-state index contributed by atoms with van der Waals surface area (Å²) in [5, 5.41) is 8.94. The fourth-order valence-corrected chi connectivity index (χ4v) is 0.804. The summed E-state index contributed by atoms with van der Waals surface area (Å²) in [6, 6.07) is 2.71. The number of halogens is 1. The Morgan fingerprint density at radius 3 is 2.64 bits per heavy atom. The Balaban J connectivity index is 3.40. The molecule has 0 fully saturated rings. The number of hydrogen-bond acceptors (Lipinski definition) is 2. The van der Waals surface area contributed by atoms with Crippen molar-refractivity contribution in [3.05, 3.63) is 29.1 Å². The average molecular weight is 154 g/mol. The van der Waals surface area contributed by atoms with Crippen LogP contribution >= 0.6 is 0 Å². The number of aldehydes is 1. The van der Waals surface area contributed by atoms with Gasteiger partial charge >= 0.3 is 0 Å². The van der Waals surface area contributed by atoms with Gasteiger partial charge in [-0.1, -0.05) is 6.07 Å². The molecule has 0 saturated heterocycles. The molecule has 0 aromatic heterocycles. The second-order valence-corrected chi connectivity index (χ2v) is 2.25. The minimum atomic E-state index is -0.653. The zero-order valence-electron chi connectivity index (χ0n) is 5.97. The molecule has 1 aromatic rings. The van der Waals surface area contributed by atoms with E-state index in [-0.39, 0.29) is 11.3 Å². The van der Waals surface area contributed by atoms with Gasteiger partial charge in [0, 0.05) is 0 Å². The SMILES string of the molecule is Cc1ccc(O)c(C=O)c1F. The maximum Gasteiger partial charge on any atom is 0.156 e. The molecule has 0 aliphatic heterocycles. The number of carbonyl (C=O) groups is 1. The number of phenols is 1. The molecule has 0 saturated carbocycles. The fraction of sp³-hybridized carbons (Fsp3) is 0.125. The fourth-order valence-electron chi connectivity index (χ4n) is 0.804. The number of aryl methyl sites for hydroxylation is 1. The van der Waals surface area contributed by atoms with Crippen LogP contribution < -0.4 is 0 Å². The summed E-state index contributed by atoms with van der Waals surface area (Å²) in [5.74, 6) is -0.969. The third-order valence-corrected chi connectivity index (χ3v) is 1.47. The van der Waals surface area contributed by atoms with Gasteiger partial charge in [-0.3, -0.25) is 4.79 Å². The van der Waals surface area contributed by atoms with Gasteiger partial charge in [0.2, 0.25) is 0 Å². The van der Waals surface area contributed by atoms with Crippen molar-refractivity contribution in [2.24, 2.45) is 0 Å². The molecule has 0 radical (unpaired) electrons. The van der Waals surface area contributed by atoms with E-state index in [1.807, 2.05) is 0 Å². The van der Waals surface area contributed by atoms with Crippen LogP contribution in [0.3, 0.4) is 0 Å². The molecule has 11 heavy (non-hydrogen) atoms. The standard InChI is InChI=1S/C8H7FO2/c1-5-2-3-7(11)6(4-10)8(5)9/h2-4,11H,1H3. The highest BCUT2D eigenvalue weighted by Crippen LogP contribution is 2.20. The van der Waals surface area contributed by atoms with Crippen LogP contribution in [0.4, 0.5) is 4.39 Å². The molecule has 0 bridgehead atoms. The van der Waals surface area contributed by atoms with Crippen molar-refractivity contribution in [1.29, 1.82) is 0 Å². The van der Waals surface area contributed by atoms with E-state index in [9.17, 15) is 9.18 Å². The maximum absolute atomic E-state index is 12.9. The van der Waals surface area contributed by atoms with Gasteiger partial charge in [-0.2, -0.15) is 0 Å². The lowest BCUT2D eigenvalue weighted by molar-refractivity contribution is 0.111. The normalized spacial score (nSPS) is 9.64. The van der Waals surface area contributed by atoms with E-state index in [0.29, 0.717) is 11.8 Å². The van der Waals surface area contributed by atoms with Crippen molar-refractivity contribution in [3.63, 3.8) is 0 Å². The lowest BCUT2D eigenvalue weighted by atomic mass is 10.1. The first-order valence-corrected chi connectivity index (χ1v) is 3.10. The van der Waals surface area contributed by atoms with Gasteiger partial charge in [0.1, 0.15) is 11.6 Å². The van der Waals surface area contributed by atoms with Gasteiger partial charge in [0.15, 0.2) is 6.29 Å². The summed E-state index contributed by atoms with van der Waals surface area (Å²) in [5.41, 5.74) is 0.0786.